The Labute approximate surface area is 240 Å². The molecular weight excluding hydrogens is 553 g/mol. The molecule has 9 N–H and O–H groups in total. The lowest BCUT2D eigenvalue weighted by atomic mass is 10.0. The van der Waals surface area contributed by atoms with Gasteiger partial charge in [0, 0.05) is 43.5 Å². The molecule has 224 valence electrons. The van der Waals surface area contributed by atoms with Crippen LogP contribution in [0.5, 0.6) is 0 Å². The third-order valence-electron chi connectivity index (χ3n) is 6.98. The van der Waals surface area contributed by atoms with Crippen molar-refractivity contribution in [3.05, 3.63) is 71.9 Å². The minimum absolute atomic E-state index is 0.0622. The maximum atomic E-state index is 13.3. The molecule has 4 amide bonds. The quantitative estimate of drug-likeness (QED) is 0.219. The summed E-state index contributed by atoms with van der Waals surface area (Å²) < 4.78 is 39.1. The third kappa shape index (κ3) is 7.93. The zero-order valence-corrected chi connectivity index (χ0v) is 22.6. The van der Waals surface area contributed by atoms with Crippen LogP contribution in [0, 0.1) is 0 Å². The number of pyridine rings is 1. The first-order chi connectivity index (χ1) is 19.9. The second-order valence-electron chi connectivity index (χ2n) is 10.2. The number of likely N-dealkylation sites (tertiary alicyclic amines) is 1. The zero-order valence-electron chi connectivity index (χ0n) is 22.6. The fourth-order valence-electron chi connectivity index (χ4n) is 4.52. The largest absolute Gasteiger partial charge is 0.416 e. The van der Waals surface area contributed by atoms with Gasteiger partial charge < -0.3 is 38.1 Å². The predicted molar refractivity (Wildman–Crippen MR) is 151 cm³/mol. The van der Waals surface area contributed by atoms with Crippen molar-refractivity contribution in [3.8, 4) is 0 Å². The van der Waals surface area contributed by atoms with E-state index >= 15 is 0 Å². The minimum Gasteiger partial charge on any atom is -0.343 e. The van der Waals surface area contributed by atoms with Crippen LogP contribution in [-0.2, 0) is 22.2 Å². The molecule has 3 aromatic rings. The summed E-state index contributed by atoms with van der Waals surface area (Å²) in [6.45, 7) is 0.701. The maximum Gasteiger partial charge on any atom is 0.416 e. The molecule has 0 spiro atoms. The Kier molecular flexibility index (Phi) is 9.60. The highest BCUT2D eigenvalue weighted by molar-refractivity contribution is 5.99. The number of hydrogen-bond acceptors (Lipinski definition) is 7. The molecule has 0 radical (unpaired) electrons. The molecule has 1 saturated heterocycles. The van der Waals surface area contributed by atoms with Gasteiger partial charge in [-0.1, -0.05) is 30.3 Å². The van der Waals surface area contributed by atoms with Crippen LogP contribution in [0.1, 0.15) is 17.5 Å². The smallest absolute Gasteiger partial charge is 0.343 e. The number of nitrogens with one attached hydrogen (secondary N) is 3. The van der Waals surface area contributed by atoms with Crippen LogP contribution in [0.4, 0.5) is 23.7 Å². The summed E-state index contributed by atoms with van der Waals surface area (Å²) in [7, 11) is 0. The van der Waals surface area contributed by atoms with Gasteiger partial charge in [-0.25, -0.2) is 4.79 Å². The summed E-state index contributed by atoms with van der Waals surface area (Å²) in [6.07, 6.45) is -3.09. The molecule has 4 atom stereocenters. The number of rotatable bonds is 9. The molecular formula is C28H33F3N8O3. The van der Waals surface area contributed by atoms with E-state index in [1.165, 1.54) is 23.2 Å². The Morgan fingerprint density at radius 3 is 2.33 bits per heavy atom. The van der Waals surface area contributed by atoms with Crippen molar-refractivity contribution in [2.45, 2.75) is 43.2 Å². The zero-order chi connectivity index (χ0) is 30.4. The molecule has 0 bridgehead atoms. The second-order valence-corrected chi connectivity index (χ2v) is 10.2. The van der Waals surface area contributed by atoms with E-state index in [4.69, 9.17) is 17.2 Å². The van der Waals surface area contributed by atoms with Gasteiger partial charge in [0.25, 0.3) is 0 Å². The van der Waals surface area contributed by atoms with E-state index in [0.29, 0.717) is 24.3 Å². The van der Waals surface area contributed by atoms with Crippen LogP contribution < -0.4 is 33.2 Å². The molecule has 0 aliphatic carbocycles. The van der Waals surface area contributed by atoms with Gasteiger partial charge in [-0.05, 0) is 36.2 Å². The molecule has 1 aliphatic rings. The van der Waals surface area contributed by atoms with Gasteiger partial charge >= 0.3 is 12.2 Å². The first kappa shape index (κ1) is 30.7. The first-order valence-corrected chi connectivity index (χ1v) is 13.3. The highest BCUT2D eigenvalue weighted by Crippen LogP contribution is 2.29. The van der Waals surface area contributed by atoms with Gasteiger partial charge in [0.2, 0.25) is 11.8 Å². The molecule has 0 saturated carbocycles. The van der Waals surface area contributed by atoms with Crippen molar-refractivity contribution in [3.63, 3.8) is 0 Å². The highest BCUT2D eigenvalue weighted by atomic mass is 19.4. The summed E-state index contributed by atoms with van der Waals surface area (Å²) in [5.74, 6) is -1.28. The van der Waals surface area contributed by atoms with Crippen LogP contribution in [0.25, 0.3) is 10.9 Å². The summed E-state index contributed by atoms with van der Waals surface area (Å²) in [5, 5.41) is 8.76. The number of carbonyl (C=O) groups is 3. The average Bonchev–Trinajstić information content (AvgIpc) is 3.30. The third-order valence-corrected chi connectivity index (χ3v) is 6.98. The number of nitrogens with two attached hydrogens (primary N) is 3. The van der Waals surface area contributed by atoms with Crippen molar-refractivity contribution >= 4 is 34.4 Å². The van der Waals surface area contributed by atoms with Gasteiger partial charge in [-0.3, -0.25) is 14.6 Å². The number of anilines is 1. The van der Waals surface area contributed by atoms with E-state index in [-0.39, 0.29) is 37.5 Å². The van der Waals surface area contributed by atoms with Gasteiger partial charge in [0.1, 0.15) is 6.04 Å². The first-order valence-electron chi connectivity index (χ1n) is 13.3. The van der Waals surface area contributed by atoms with Crippen LogP contribution in [0.15, 0.2) is 60.8 Å². The van der Waals surface area contributed by atoms with Crippen LogP contribution in [-0.4, -0.2) is 71.5 Å². The summed E-state index contributed by atoms with van der Waals surface area (Å²) in [5.41, 5.74) is 18.4. The highest BCUT2D eigenvalue weighted by Gasteiger charge is 2.32. The Hall–Kier alpha value is -4.27. The predicted octanol–water partition coefficient (Wildman–Crippen LogP) is 1.32. The molecule has 14 heteroatoms. The number of halogens is 3. The van der Waals surface area contributed by atoms with Crippen LogP contribution >= 0.6 is 0 Å². The standard InChI is InChI=1S/C28H33F3N8O3/c29-28(30,31)18-7-5-16(6-8-18)11-24(26(41)37-19-12-17-3-1-2-4-23(17)36-13-19)38-25(40)20(32)9-10-35-27(42)39-14-21(33)22(34)15-39/h1-8,12-13,20-22,24H,9-11,14-15,32-34H2,(H,35,42)(H,37,41)(H,38,40)/t20-,21-,22+,24+/m0/s1. The lowest BCUT2D eigenvalue weighted by molar-refractivity contribution is -0.137. The minimum atomic E-state index is -4.51. The molecule has 1 aliphatic heterocycles. The second kappa shape index (κ2) is 13.1. The molecule has 2 heterocycles. The maximum absolute atomic E-state index is 13.3. The lowest BCUT2D eigenvalue weighted by Gasteiger charge is -2.22. The number of benzene rings is 2. The number of para-hydroxylation sites is 1. The number of aromatic nitrogens is 1. The van der Waals surface area contributed by atoms with Crippen molar-refractivity contribution in [1.29, 1.82) is 0 Å². The monoisotopic (exact) mass is 586 g/mol. The van der Waals surface area contributed by atoms with Crippen molar-refractivity contribution in [2.24, 2.45) is 17.2 Å². The van der Waals surface area contributed by atoms with Crippen LogP contribution in [0.2, 0.25) is 0 Å². The number of nitrogens with zero attached hydrogens (tertiary/aromatic N) is 2. The fraction of sp³-hybridized carbons (Fsp3) is 0.357. The molecule has 1 fully saturated rings. The molecule has 0 unspecified atom stereocenters. The number of carbonyl (C=O) groups excluding carboxylic acids is 3. The lowest BCUT2D eigenvalue weighted by Crippen LogP contribution is -2.51. The Morgan fingerprint density at radius 2 is 1.67 bits per heavy atom. The van der Waals surface area contributed by atoms with Crippen LogP contribution in [0.3, 0.4) is 0 Å². The molecule has 2 aromatic carbocycles. The van der Waals surface area contributed by atoms with Crippen molar-refractivity contribution < 1.29 is 27.6 Å². The van der Waals surface area contributed by atoms with Crippen molar-refractivity contribution in [1.82, 2.24) is 20.5 Å². The van der Waals surface area contributed by atoms with Gasteiger partial charge in [-0.2, -0.15) is 13.2 Å². The van der Waals surface area contributed by atoms with Gasteiger partial charge in [0.15, 0.2) is 0 Å². The Bertz CT molecular complexity index is 1410. The summed E-state index contributed by atoms with van der Waals surface area (Å²) >= 11 is 0. The molecule has 11 nitrogen and oxygen atoms in total. The van der Waals surface area contributed by atoms with E-state index < -0.39 is 35.6 Å². The fourth-order valence-corrected chi connectivity index (χ4v) is 4.52. The number of fused-ring (bicyclic) bond motifs is 1. The summed E-state index contributed by atoms with van der Waals surface area (Å²) in [6, 6.07) is 10.0. The average molecular weight is 587 g/mol. The number of alkyl halides is 3. The Balaban J connectivity index is 1.40. The number of urea groups is 1. The number of hydrogen-bond donors (Lipinski definition) is 6. The van der Waals surface area contributed by atoms with Crippen molar-refractivity contribution in [2.75, 3.05) is 25.0 Å². The molecule has 1 aromatic heterocycles. The normalized spacial score (nSPS) is 18.4. The summed E-state index contributed by atoms with van der Waals surface area (Å²) in [4.78, 5) is 44.3. The topological polar surface area (TPSA) is 181 Å². The van der Waals surface area contributed by atoms with E-state index in [9.17, 15) is 27.6 Å². The van der Waals surface area contributed by atoms with E-state index in [1.807, 2.05) is 24.3 Å². The SMILES string of the molecule is N[C@@H]1CN(C(=O)NCC[C@H](N)C(=O)N[C@H](Cc2ccc(C(F)(F)F)cc2)C(=O)Nc2cnc3ccccc3c2)C[C@@H]1N. The molecule has 42 heavy (non-hydrogen) atoms. The van der Waals surface area contributed by atoms with E-state index in [2.05, 4.69) is 20.9 Å². The molecule has 4 rings (SSSR count). The van der Waals surface area contributed by atoms with Gasteiger partial charge in [-0.15, -0.1) is 0 Å². The number of amides is 4. The van der Waals surface area contributed by atoms with E-state index in [0.717, 1.165) is 23.0 Å². The Morgan fingerprint density at radius 1 is 1.00 bits per heavy atom. The van der Waals surface area contributed by atoms with Gasteiger partial charge in [0.05, 0.1) is 29.0 Å². The van der Waals surface area contributed by atoms with E-state index in [1.54, 1.807) is 6.07 Å².